The second-order valence-corrected chi connectivity index (χ2v) is 7.47. The molecule has 5 heteroatoms. The van der Waals surface area contributed by atoms with Crippen molar-refractivity contribution in [2.24, 2.45) is 17.1 Å². The van der Waals surface area contributed by atoms with E-state index in [1.165, 1.54) is 0 Å². The molecule has 1 aliphatic rings. The highest BCUT2D eigenvalue weighted by molar-refractivity contribution is 7.91. The predicted molar refractivity (Wildman–Crippen MR) is 64.8 cm³/mol. The Morgan fingerprint density at radius 1 is 1.56 bits per heavy atom. The molecule has 16 heavy (non-hydrogen) atoms. The summed E-state index contributed by atoms with van der Waals surface area (Å²) >= 11 is 0. The lowest BCUT2D eigenvalue weighted by Crippen LogP contribution is -2.55. The van der Waals surface area contributed by atoms with Crippen molar-refractivity contribution in [2.75, 3.05) is 18.1 Å². The van der Waals surface area contributed by atoms with E-state index < -0.39 is 20.9 Å². The number of hydrogen-bond donors (Lipinski definition) is 2. The molecule has 0 spiro atoms. The normalized spacial score (nSPS) is 34.6. The summed E-state index contributed by atoms with van der Waals surface area (Å²) in [7, 11) is -3.03. The second kappa shape index (κ2) is 4.27. The van der Waals surface area contributed by atoms with Crippen molar-refractivity contribution in [2.45, 2.75) is 39.2 Å². The summed E-state index contributed by atoms with van der Waals surface area (Å²) in [5.41, 5.74) is 4.06. The molecule has 0 aromatic heterocycles. The van der Waals surface area contributed by atoms with Crippen LogP contribution in [0.5, 0.6) is 0 Å². The van der Waals surface area contributed by atoms with E-state index in [9.17, 15) is 13.5 Å². The smallest absolute Gasteiger partial charge is 0.151 e. The number of hydrogen-bond acceptors (Lipinski definition) is 4. The summed E-state index contributed by atoms with van der Waals surface area (Å²) in [5.74, 6) is 0.217. The van der Waals surface area contributed by atoms with E-state index in [-0.39, 0.29) is 24.0 Å². The maximum absolute atomic E-state index is 11.6. The predicted octanol–water partition coefficient (Wildman–Crippen LogP) is 0.547. The Labute approximate surface area is 98.1 Å². The fraction of sp³-hybridized carbons (Fsp3) is 1.00. The third kappa shape index (κ3) is 2.13. The molecule has 1 heterocycles. The van der Waals surface area contributed by atoms with Crippen molar-refractivity contribution in [3.05, 3.63) is 0 Å². The summed E-state index contributed by atoms with van der Waals surface area (Å²) in [6.45, 7) is 5.90. The molecule has 0 saturated carbocycles. The van der Waals surface area contributed by atoms with Crippen LogP contribution in [0, 0.1) is 11.3 Å². The molecule has 0 radical (unpaired) electrons. The van der Waals surface area contributed by atoms with Gasteiger partial charge in [-0.2, -0.15) is 0 Å². The van der Waals surface area contributed by atoms with Gasteiger partial charge < -0.3 is 10.8 Å². The first kappa shape index (κ1) is 13.9. The van der Waals surface area contributed by atoms with Gasteiger partial charge in [0.05, 0.1) is 17.1 Å². The molecule has 96 valence electrons. The maximum atomic E-state index is 11.6. The third-order valence-corrected chi connectivity index (χ3v) is 6.24. The lowest BCUT2D eigenvalue weighted by atomic mass is 9.66. The van der Waals surface area contributed by atoms with Crippen LogP contribution in [0.15, 0.2) is 0 Å². The Morgan fingerprint density at radius 2 is 2.12 bits per heavy atom. The molecule has 1 rings (SSSR count). The van der Waals surface area contributed by atoms with Gasteiger partial charge in [0.15, 0.2) is 9.84 Å². The Kier molecular flexibility index (Phi) is 3.72. The van der Waals surface area contributed by atoms with Gasteiger partial charge in [0, 0.05) is 12.0 Å². The third-order valence-electron chi connectivity index (χ3n) is 4.42. The highest BCUT2D eigenvalue weighted by Gasteiger charge is 2.54. The Balaban J connectivity index is 3.07. The van der Waals surface area contributed by atoms with E-state index in [0.29, 0.717) is 6.42 Å². The van der Waals surface area contributed by atoms with Gasteiger partial charge in [-0.05, 0) is 19.3 Å². The summed E-state index contributed by atoms with van der Waals surface area (Å²) in [4.78, 5) is 0. The zero-order valence-electron chi connectivity index (χ0n) is 10.4. The van der Waals surface area contributed by atoms with Crippen molar-refractivity contribution in [3.8, 4) is 0 Å². The van der Waals surface area contributed by atoms with Crippen LogP contribution in [-0.4, -0.2) is 37.2 Å². The minimum Gasteiger partial charge on any atom is -0.389 e. The fourth-order valence-corrected chi connectivity index (χ4v) is 4.85. The maximum Gasteiger partial charge on any atom is 0.151 e. The summed E-state index contributed by atoms with van der Waals surface area (Å²) in [5, 5.41) is 10.6. The fourth-order valence-electron chi connectivity index (χ4n) is 2.60. The number of aliphatic hydroxyl groups is 1. The quantitative estimate of drug-likeness (QED) is 0.762. The second-order valence-electron chi connectivity index (χ2n) is 5.28. The van der Waals surface area contributed by atoms with Crippen molar-refractivity contribution < 1.29 is 13.5 Å². The van der Waals surface area contributed by atoms with Gasteiger partial charge in [0.1, 0.15) is 0 Å². The molecule has 1 aliphatic heterocycles. The van der Waals surface area contributed by atoms with Crippen LogP contribution < -0.4 is 5.73 Å². The minimum atomic E-state index is -3.03. The molecule has 0 aromatic rings. The molecule has 1 saturated heterocycles. The van der Waals surface area contributed by atoms with Crippen LogP contribution >= 0.6 is 0 Å². The molecular formula is C11H23NO3S. The van der Waals surface area contributed by atoms with Gasteiger partial charge in [0.25, 0.3) is 0 Å². The molecule has 0 bridgehead atoms. The summed E-state index contributed by atoms with van der Waals surface area (Å²) < 4.78 is 23.2. The van der Waals surface area contributed by atoms with E-state index in [4.69, 9.17) is 5.73 Å². The monoisotopic (exact) mass is 249 g/mol. The summed E-state index contributed by atoms with van der Waals surface area (Å²) in [6.07, 6.45) is 1.29. The molecule has 3 unspecified atom stereocenters. The lowest BCUT2D eigenvalue weighted by molar-refractivity contribution is -0.0939. The molecule has 1 fully saturated rings. The van der Waals surface area contributed by atoms with Crippen LogP contribution in [-0.2, 0) is 9.84 Å². The zero-order valence-corrected chi connectivity index (χ0v) is 11.2. The van der Waals surface area contributed by atoms with Crippen molar-refractivity contribution in [3.63, 3.8) is 0 Å². The van der Waals surface area contributed by atoms with E-state index in [0.717, 1.165) is 6.42 Å². The van der Waals surface area contributed by atoms with Crippen LogP contribution in [0.25, 0.3) is 0 Å². The van der Waals surface area contributed by atoms with Crippen molar-refractivity contribution >= 4 is 9.84 Å². The zero-order chi connectivity index (χ0) is 12.6. The van der Waals surface area contributed by atoms with Crippen molar-refractivity contribution in [1.82, 2.24) is 0 Å². The van der Waals surface area contributed by atoms with E-state index in [1.807, 2.05) is 13.8 Å². The first-order chi connectivity index (χ1) is 7.21. The topological polar surface area (TPSA) is 80.4 Å². The highest BCUT2D eigenvalue weighted by Crippen LogP contribution is 2.45. The standard InChI is InChI=1S/C11H23NO3S/c1-4-9(2)10(3,13)11(7-12)5-6-16(14,15)8-11/h9,13H,4-8,12H2,1-3H3. The van der Waals surface area contributed by atoms with Crippen LogP contribution in [0.2, 0.25) is 0 Å². The van der Waals surface area contributed by atoms with Gasteiger partial charge in [-0.1, -0.05) is 20.3 Å². The molecule has 3 N–H and O–H groups in total. The van der Waals surface area contributed by atoms with Crippen LogP contribution in [0.1, 0.15) is 33.6 Å². The van der Waals surface area contributed by atoms with Crippen molar-refractivity contribution in [1.29, 1.82) is 0 Å². The molecule has 3 atom stereocenters. The van der Waals surface area contributed by atoms with E-state index in [1.54, 1.807) is 6.92 Å². The average molecular weight is 249 g/mol. The Morgan fingerprint density at radius 3 is 2.44 bits per heavy atom. The van der Waals surface area contributed by atoms with Crippen LogP contribution in [0.3, 0.4) is 0 Å². The highest BCUT2D eigenvalue weighted by atomic mass is 32.2. The molecule has 0 amide bonds. The number of nitrogens with two attached hydrogens (primary N) is 1. The Hall–Kier alpha value is -0.130. The lowest BCUT2D eigenvalue weighted by Gasteiger charge is -2.45. The molecule has 0 aliphatic carbocycles. The summed E-state index contributed by atoms with van der Waals surface area (Å²) in [6, 6.07) is 0. The molecule has 0 aromatic carbocycles. The van der Waals surface area contributed by atoms with E-state index in [2.05, 4.69) is 0 Å². The van der Waals surface area contributed by atoms with Gasteiger partial charge >= 0.3 is 0 Å². The number of sulfone groups is 1. The first-order valence-corrected chi connectivity index (χ1v) is 7.66. The SMILES string of the molecule is CCC(C)C(C)(O)C1(CN)CCS(=O)(=O)C1. The largest absolute Gasteiger partial charge is 0.389 e. The van der Waals surface area contributed by atoms with Gasteiger partial charge in [-0.3, -0.25) is 0 Å². The number of rotatable bonds is 4. The minimum absolute atomic E-state index is 0.0217. The van der Waals surface area contributed by atoms with E-state index >= 15 is 0 Å². The molecular weight excluding hydrogens is 226 g/mol. The van der Waals surface area contributed by atoms with Gasteiger partial charge in [-0.25, -0.2) is 8.42 Å². The molecule has 4 nitrogen and oxygen atoms in total. The first-order valence-electron chi connectivity index (χ1n) is 5.83. The van der Waals surface area contributed by atoms with Gasteiger partial charge in [0.2, 0.25) is 0 Å². The average Bonchev–Trinajstić information content (AvgIpc) is 2.54. The van der Waals surface area contributed by atoms with Crippen LogP contribution in [0.4, 0.5) is 0 Å². The Bertz CT molecular complexity index is 350. The van der Waals surface area contributed by atoms with Gasteiger partial charge in [-0.15, -0.1) is 0 Å².